The number of aromatic amines is 2. The fraction of sp³-hybridized carbons (Fsp3) is 0.617. The normalized spacial score (nSPS) is 17.7. The van der Waals surface area contributed by atoms with Crippen LogP contribution in [0, 0.1) is 17.8 Å². The van der Waals surface area contributed by atoms with Gasteiger partial charge in [-0.05, 0) is 85.4 Å². The second-order valence-corrected chi connectivity index (χ2v) is 18.9. The molecule has 4 amide bonds. The lowest BCUT2D eigenvalue weighted by atomic mass is 9.83. The first kappa shape index (κ1) is 52.1. The summed E-state index contributed by atoms with van der Waals surface area (Å²) in [6.07, 6.45) is 1.22. The molecule has 366 valence electrons. The SMILES string of the molecule is CC[C@H](Cc1cccc(C[C@H](N)c2nn[nH]n2)c1)[C@@H]([C@@H](CC(=O)N1CCC[C@H]1[C@H](OC)[C@@H](C)C(=O)N[C@@H](Cc1ccccc1)c1nnn[nH]1)OC)N(C)C(=O)[C@@H](NC(=O)OC(C)(C)C)C(C)C. The molecule has 0 unspecified atom stereocenters. The van der Waals surface area contributed by atoms with Gasteiger partial charge in [0.1, 0.15) is 11.6 Å². The topological polar surface area (TPSA) is 261 Å². The number of rotatable bonds is 23. The standard InChI is InChI=1S/C47H71N13O7/c1-11-33(24-31-19-15-20-32(23-31)25-34(48)42-51-55-56-52-42)40(59(8)45(63)39(28(2)3)50-46(64)67-47(5,6)7)37(65-9)27-38(61)60-22-16-21-36(60)41(66-10)29(4)44(62)49-35(43-53-57-58-54-43)26-30-17-13-12-14-18-30/h12-15,17-20,23,28-29,33-37,39-41H,11,16,21-22,24-27,48H2,1-10H3,(H,49,62)(H,50,64)(H,51,52,55,56)(H,53,54,57,58)/t29-,33-,34+,35+,36+,37-,39+,40+,41-/m1/s1. The third-order valence-electron chi connectivity index (χ3n) is 12.6. The molecule has 1 aliphatic heterocycles. The summed E-state index contributed by atoms with van der Waals surface area (Å²) in [6.45, 7) is 13.3. The first-order chi connectivity index (χ1) is 31.9. The summed E-state index contributed by atoms with van der Waals surface area (Å²) >= 11 is 0. The number of aromatic nitrogens is 8. The van der Waals surface area contributed by atoms with E-state index in [-0.39, 0.29) is 36.0 Å². The smallest absolute Gasteiger partial charge is 0.408 e. The van der Waals surface area contributed by atoms with Gasteiger partial charge in [0.2, 0.25) is 17.7 Å². The summed E-state index contributed by atoms with van der Waals surface area (Å²) in [4.78, 5) is 60.1. The van der Waals surface area contributed by atoms with E-state index in [9.17, 15) is 19.2 Å². The fourth-order valence-electron chi connectivity index (χ4n) is 9.15. The van der Waals surface area contributed by atoms with Crippen LogP contribution in [0.15, 0.2) is 54.6 Å². The van der Waals surface area contributed by atoms with Crippen molar-refractivity contribution in [2.24, 2.45) is 23.5 Å². The molecule has 20 heteroatoms. The monoisotopic (exact) mass is 930 g/mol. The molecule has 20 nitrogen and oxygen atoms in total. The van der Waals surface area contributed by atoms with E-state index in [2.05, 4.69) is 64.9 Å². The molecule has 0 radical (unpaired) electrons. The van der Waals surface area contributed by atoms with Gasteiger partial charge in [-0.1, -0.05) is 93.9 Å². The van der Waals surface area contributed by atoms with Crippen molar-refractivity contribution in [3.8, 4) is 0 Å². The minimum Gasteiger partial charge on any atom is -0.444 e. The number of ether oxygens (including phenoxy) is 3. The molecule has 1 fully saturated rings. The summed E-state index contributed by atoms with van der Waals surface area (Å²) in [5.41, 5.74) is 8.61. The Balaban J connectivity index is 1.40. The molecule has 1 saturated heterocycles. The van der Waals surface area contributed by atoms with E-state index >= 15 is 0 Å². The first-order valence-electron chi connectivity index (χ1n) is 23.2. The van der Waals surface area contributed by atoms with E-state index in [0.717, 1.165) is 16.7 Å². The average molecular weight is 930 g/mol. The van der Waals surface area contributed by atoms with Gasteiger partial charge in [-0.3, -0.25) is 14.4 Å². The Bertz CT molecular complexity index is 2150. The number of alkyl carbamates (subject to hydrolysis) is 1. The van der Waals surface area contributed by atoms with E-state index in [1.165, 1.54) is 0 Å². The molecule has 1 aliphatic rings. The molecular formula is C47H71N13O7. The molecule has 3 heterocycles. The lowest BCUT2D eigenvalue weighted by Gasteiger charge is -2.42. The molecule has 9 atom stereocenters. The number of nitrogens with two attached hydrogens (primary N) is 1. The number of methoxy groups -OCH3 is 2. The van der Waals surface area contributed by atoms with Crippen molar-refractivity contribution in [3.63, 3.8) is 0 Å². The molecule has 5 rings (SSSR count). The number of carbonyl (C=O) groups excluding carboxylic acids is 4. The van der Waals surface area contributed by atoms with Crippen LogP contribution in [0.3, 0.4) is 0 Å². The van der Waals surface area contributed by atoms with Gasteiger partial charge in [-0.25, -0.2) is 9.89 Å². The highest BCUT2D eigenvalue weighted by Crippen LogP contribution is 2.32. The molecule has 6 N–H and O–H groups in total. The van der Waals surface area contributed by atoms with Crippen molar-refractivity contribution in [2.45, 2.75) is 141 Å². The highest BCUT2D eigenvalue weighted by atomic mass is 16.6. The van der Waals surface area contributed by atoms with Gasteiger partial charge >= 0.3 is 6.09 Å². The number of benzene rings is 2. The second kappa shape index (κ2) is 24.2. The lowest BCUT2D eigenvalue weighted by Crippen LogP contribution is -2.58. The quantitative estimate of drug-likeness (QED) is 0.0704. The Morgan fingerprint density at radius 1 is 0.925 bits per heavy atom. The number of amides is 4. The van der Waals surface area contributed by atoms with Gasteiger partial charge in [0, 0.05) is 34.2 Å². The molecule has 0 spiro atoms. The number of likely N-dealkylation sites (N-methyl/N-ethyl adjacent to an activating group) is 1. The molecule has 0 saturated carbocycles. The third-order valence-corrected chi connectivity index (χ3v) is 12.6. The largest absolute Gasteiger partial charge is 0.444 e. The van der Waals surface area contributed by atoms with E-state index in [1.807, 2.05) is 62.4 Å². The van der Waals surface area contributed by atoms with Crippen LogP contribution in [0.5, 0.6) is 0 Å². The summed E-state index contributed by atoms with van der Waals surface area (Å²) < 4.78 is 17.9. The Morgan fingerprint density at radius 2 is 1.63 bits per heavy atom. The van der Waals surface area contributed by atoms with Crippen molar-refractivity contribution in [1.82, 2.24) is 61.7 Å². The van der Waals surface area contributed by atoms with E-state index in [0.29, 0.717) is 56.7 Å². The van der Waals surface area contributed by atoms with Crippen LogP contribution < -0.4 is 16.4 Å². The number of H-pyrrole nitrogens is 2. The maximum absolute atomic E-state index is 14.8. The Kier molecular flexibility index (Phi) is 18.9. The van der Waals surface area contributed by atoms with Crippen LogP contribution >= 0.6 is 0 Å². The van der Waals surface area contributed by atoms with E-state index < -0.39 is 60.0 Å². The average Bonchev–Trinajstić information content (AvgIpc) is 4.12. The van der Waals surface area contributed by atoms with Crippen LogP contribution in [0.4, 0.5) is 4.79 Å². The van der Waals surface area contributed by atoms with Crippen LogP contribution in [0.1, 0.15) is 115 Å². The number of hydrogen-bond acceptors (Lipinski definition) is 14. The predicted octanol–water partition coefficient (Wildman–Crippen LogP) is 4.05. The van der Waals surface area contributed by atoms with Gasteiger partial charge in [-0.2, -0.15) is 5.21 Å². The van der Waals surface area contributed by atoms with Crippen LogP contribution in [0.25, 0.3) is 0 Å². The maximum Gasteiger partial charge on any atom is 0.408 e. The predicted molar refractivity (Wildman–Crippen MR) is 249 cm³/mol. The highest BCUT2D eigenvalue weighted by Gasteiger charge is 2.44. The fourth-order valence-corrected chi connectivity index (χ4v) is 9.15. The van der Waals surface area contributed by atoms with E-state index in [4.69, 9.17) is 19.9 Å². The second-order valence-electron chi connectivity index (χ2n) is 18.9. The molecule has 0 bridgehead atoms. The van der Waals surface area contributed by atoms with Crippen molar-refractivity contribution in [1.29, 1.82) is 0 Å². The summed E-state index contributed by atoms with van der Waals surface area (Å²) in [5.74, 6) is -1.16. The summed E-state index contributed by atoms with van der Waals surface area (Å²) in [7, 11) is 4.82. The zero-order valence-electron chi connectivity index (χ0n) is 40.6. The van der Waals surface area contributed by atoms with Crippen molar-refractivity contribution >= 4 is 23.8 Å². The number of likely N-dealkylation sites (tertiary alicyclic amines) is 1. The van der Waals surface area contributed by atoms with Crippen LogP contribution in [0.2, 0.25) is 0 Å². The van der Waals surface area contributed by atoms with Gasteiger partial charge < -0.3 is 40.4 Å². The number of carbonyl (C=O) groups is 4. The number of nitrogens with zero attached hydrogens (tertiary/aromatic N) is 8. The minimum absolute atomic E-state index is 0.0636. The van der Waals surface area contributed by atoms with Gasteiger partial charge in [0.15, 0.2) is 11.6 Å². The van der Waals surface area contributed by atoms with Crippen LogP contribution in [-0.4, -0.2) is 139 Å². The molecule has 0 aliphatic carbocycles. The Hall–Kier alpha value is -5.86. The molecule has 67 heavy (non-hydrogen) atoms. The van der Waals surface area contributed by atoms with Crippen LogP contribution in [-0.2, 0) is 47.9 Å². The lowest BCUT2D eigenvalue weighted by molar-refractivity contribution is -0.147. The third kappa shape index (κ3) is 14.3. The zero-order chi connectivity index (χ0) is 48.8. The molecule has 2 aromatic carbocycles. The van der Waals surface area contributed by atoms with Crippen molar-refractivity contribution < 1.29 is 33.4 Å². The first-order valence-corrected chi connectivity index (χ1v) is 23.2. The Morgan fingerprint density at radius 3 is 2.22 bits per heavy atom. The van der Waals surface area contributed by atoms with Crippen molar-refractivity contribution in [2.75, 3.05) is 27.8 Å². The van der Waals surface area contributed by atoms with Crippen molar-refractivity contribution in [3.05, 3.63) is 82.9 Å². The molecule has 4 aromatic rings. The van der Waals surface area contributed by atoms with Gasteiger partial charge in [0.05, 0.1) is 48.7 Å². The number of tetrazole rings is 2. The summed E-state index contributed by atoms with van der Waals surface area (Å²) in [5, 5.41) is 34.5. The Labute approximate surface area is 393 Å². The van der Waals surface area contributed by atoms with E-state index in [1.54, 1.807) is 58.8 Å². The molecule has 2 aromatic heterocycles. The molecular weight excluding hydrogens is 859 g/mol. The highest BCUT2D eigenvalue weighted by molar-refractivity contribution is 5.86. The zero-order valence-corrected chi connectivity index (χ0v) is 40.6. The number of hydrogen-bond donors (Lipinski definition) is 5. The van der Waals surface area contributed by atoms with Gasteiger partial charge in [-0.15, -0.1) is 15.3 Å². The van der Waals surface area contributed by atoms with Gasteiger partial charge in [0.25, 0.3) is 0 Å². The number of nitrogens with one attached hydrogen (secondary N) is 4. The summed E-state index contributed by atoms with van der Waals surface area (Å²) in [6, 6.07) is 14.8. The minimum atomic E-state index is -0.936. The maximum atomic E-state index is 14.8.